The van der Waals surface area contributed by atoms with Crippen LogP contribution in [0.5, 0.6) is 0 Å². The zero-order valence-electron chi connectivity index (χ0n) is 11.1. The first-order valence-corrected chi connectivity index (χ1v) is 7.23. The molecule has 2 nitrogen and oxygen atoms in total. The summed E-state index contributed by atoms with van der Waals surface area (Å²) in [5.74, 6) is -0.213. The van der Waals surface area contributed by atoms with Crippen LogP contribution in [0, 0.1) is 0 Å². The SMILES string of the molecule is COC(=O)CC1=Cc2ccccc2Sc2ccccc21. The molecule has 1 heterocycles. The fourth-order valence-electron chi connectivity index (χ4n) is 2.27. The average Bonchev–Trinajstić information content (AvgIpc) is 2.63. The highest BCUT2D eigenvalue weighted by molar-refractivity contribution is 7.99. The average molecular weight is 282 g/mol. The number of hydrogen-bond donors (Lipinski definition) is 0. The highest BCUT2D eigenvalue weighted by atomic mass is 32.2. The molecule has 0 unspecified atom stereocenters. The molecule has 0 saturated heterocycles. The third-order valence-electron chi connectivity index (χ3n) is 3.26. The van der Waals surface area contributed by atoms with E-state index in [0.717, 1.165) is 16.7 Å². The molecule has 0 aliphatic carbocycles. The van der Waals surface area contributed by atoms with Crippen LogP contribution in [0.1, 0.15) is 17.5 Å². The third kappa shape index (κ3) is 2.49. The molecular formula is C17H14O2S. The maximum atomic E-state index is 11.6. The Morgan fingerprint density at radius 1 is 1.05 bits per heavy atom. The Morgan fingerprint density at radius 3 is 2.55 bits per heavy atom. The zero-order valence-corrected chi connectivity index (χ0v) is 11.9. The van der Waals surface area contributed by atoms with E-state index in [1.165, 1.54) is 16.9 Å². The molecule has 0 bridgehead atoms. The van der Waals surface area contributed by atoms with Crippen molar-refractivity contribution in [3.63, 3.8) is 0 Å². The van der Waals surface area contributed by atoms with Gasteiger partial charge in [-0.1, -0.05) is 48.2 Å². The zero-order chi connectivity index (χ0) is 13.9. The van der Waals surface area contributed by atoms with Gasteiger partial charge in [0.1, 0.15) is 0 Å². The van der Waals surface area contributed by atoms with Gasteiger partial charge in [0.05, 0.1) is 13.5 Å². The molecule has 2 aromatic rings. The summed E-state index contributed by atoms with van der Waals surface area (Å²) in [6, 6.07) is 16.4. The first-order chi connectivity index (χ1) is 9.78. The van der Waals surface area contributed by atoms with Crippen LogP contribution in [0.2, 0.25) is 0 Å². The van der Waals surface area contributed by atoms with E-state index in [1.54, 1.807) is 11.8 Å². The van der Waals surface area contributed by atoms with Crippen LogP contribution >= 0.6 is 11.8 Å². The number of fused-ring (bicyclic) bond motifs is 2. The van der Waals surface area contributed by atoms with Crippen LogP contribution in [-0.2, 0) is 9.53 Å². The Bertz CT molecular complexity index is 689. The van der Waals surface area contributed by atoms with E-state index >= 15 is 0 Å². The summed E-state index contributed by atoms with van der Waals surface area (Å²) in [6.07, 6.45) is 2.38. The van der Waals surface area contributed by atoms with Crippen LogP contribution < -0.4 is 0 Å². The molecular weight excluding hydrogens is 268 g/mol. The molecule has 1 aliphatic rings. The Balaban J connectivity index is 2.14. The van der Waals surface area contributed by atoms with Gasteiger partial charge in [0.25, 0.3) is 0 Å². The standard InChI is InChI=1S/C17H14O2S/c1-19-17(18)11-13-10-12-6-2-4-8-15(12)20-16-9-5-3-7-14(13)16/h2-10H,11H2,1H3. The minimum atomic E-state index is -0.213. The Kier molecular flexibility index (Phi) is 3.61. The number of rotatable bonds is 2. The number of benzene rings is 2. The summed E-state index contributed by atoms with van der Waals surface area (Å²) in [4.78, 5) is 14.0. The van der Waals surface area contributed by atoms with E-state index in [4.69, 9.17) is 4.74 Å². The lowest BCUT2D eigenvalue weighted by Gasteiger charge is -2.09. The van der Waals surface area contributed by atoms with Gasteiger partial charge >= 0.3 is 5.97 Å². The van der Waals surface area contributed by atoms with Gasteiger partial charge in [-0.2, -0.15) is 0 Å². The van der Waals surface area contributed by atoms with Crippen molar-refractivity contribution >= 4 is 29.4 Å². The molecule has 2 aromatic carbocycles. The molecule has 3 rings (SSSR count). The summed E-state index contributed by atoms with van der Waals surface area (Å²) >= 11 is 1.74. The lowest BCUT2D eigenvalue weighted by molar-refractivity contribution is -0.139. The lowest BCUT2D eigenvalue weighted by Crippen LogP contribution is -2.01. The van der Waals surface area contributed by atoms with E-state index in [1.807, 2.05) is 24.3 Å². The number of carbonyl (C=O) groups is 1. The van der Waals surface area contributed by atoms with Gasteiger partial charge in [-0.15, -0.1) is 0 Å². The number of ether oxygens (including phenoxy) is 1. The van der Waals surface area contributed by atoms with Gasteiger partial charge in [0.2, 0.25) is 0 Å². The monoisotopic (exact) mass is 282 g/mol. The molecule has 20 heavy (non-hydrogen) atoms. The molecule has 0 spiro atoms. The molecule has 3 heteroatoms. The van der Waals surface area contributed by atoms with Gasteiger partial charge in [-0.05, 0) is 34.9 Å². The molecule has 0 amide bonds. The molecule has 0 aromatic heterocycles. The third-order valence-corrected chi connectivity index (χ3v) is 4.43. The van der Waals surface area contributed by atoms with Crippen LogP contribution in [0.3, 0.4) is 0 Å². The van der Waals surface area contributed by atoms with Crippen LogP contribution in [0.25, 0.3) is 11.6 Å². The van der Waals surface area contributed by atoms with Crippen molar-refractivity contribution in [2.45, 2.75) is 16.2 Å². The van der Waals surface area contributed by atoms with E-state index in [0.29, 0.717) is 6.42 Å². The highest BCUT2D eigenvalue weighted by Gasteiger charge is 2.17. The second kappa shape index (κ2) is 5.55. The van der Waals surface area contributed by atoms with Gasteiger partial charge < -0.3 is 4.74 Å². The van der Waals surface area contributed by atoms with Crippen LogP contribution in [0.15, 0.2) is 58.3 Å². The predicted molar refractivity (Wildman–Crippen MR) is 81.5 cm³/mol. The number of esters is 1. The molecule has 0 saturated carbocycles. The largest absolute Gasteiger partial charge is 0.469 e. The molecule has 0 fully saturated rings. The summed E-state index contributed by atoms with van der Waals surface area (Å²) in [5, 5.41) is 0. The topological polar surface area (TPSA) is 26.3 Å². The number of methoxy groups -OCH3 is 1. The van der Waals surface area contributed by atoms with Gasteiger partial charge in [0, 0.05) is 9.79 Å². The van der Waals surface area contributed by atoms with Crippen molar-refractivity contribution in [2.75, 3.05) is 7.11 Å². The molecule has 1 aliphatic heterocycles. The smallest absolute Gasteiger partial charge is 0.310 e. The number of carbonyl (C=O) groups excluding carboxylic acids is 1. The maximum Gasteiger partial charge on any atom is 0.310 e. The number of hydrogen-bond acceptors (Lipinski definition) is 3. The first-order valence-electron chi connectivity index (χ1n) is 6.41. The minimum Gasteiger partial charge on any atom is -0.469 e. The van der Waals surface area contributed by atoms with E-state index < -0.39 is 0 Å². The van der Waals surface area contributed by atoms with Crippen LogP contribution in [0.4, 0.5) is 0 Å². The molecule has 0 N–H and O–H groups in total. The van der Waals surface area contributed by atoms with E-state index in [9.17, 15) is 4.79 Å². The summed E-state index contributed by atoms with van der Waals surface area (Å²) in [5.41, 5.74) is 3.26. The molecule has 0 radical (unpaired) electrons. The van der Waals surface area contributed by atoms with Crippen molar-refractivity contribution in [2.24, 2.45) is 0 Å². The summed E-state index contributed by atoms with van der Waals surface area (Å²) < 4.78 is 4.81. The Morgan fingerprint density at radius 2 is 1.75 bits per heavy atom. The van der Waals surface area contributed by atoms with Crippen molar-refractivity contribution in [1.29, 1.82) is 0 Å². The van der Waals surface area contributed by atoms with Gasteiger partial charge in [-0.25, -0.2) is 0 Å². The molecule has 100 valence electrons. The van der Waals surface area contributed by atoms with Crippen molar-refractivity contribution in [3.05, 3.63) is 59.7 Å². The van der Waals surface area contributed by atoms with Gasteiger partial charge in [-0.3, -0.25) is 4.79 Å². The maximum absolute atomic E-state index is 11.6. The Hall–Kier alpha value is -2.00. The van der Waals surface area contributed by atoms with E-state index in [-0.39, 0.29) is 5.97 Å². The van der Waals surface area contributed by atoms with Crippen molar-refractivity contribution in [1.82, 2.24) is 0 Å². The lowest BCUT2D eigenvalue weighted by atomic mass is 10.00. The predicted octanol–water partition coefficient (Wildman–Crippen LogP) is 4.25. The normalized spacial score (nSPS) is 12.8. The van der Waals surface area contributed by atoms with Gasteiger partial charge in [0.15, 0.2) is 0 Å². The van der Waals surface area contributed by atoms with E-state index in [2.05, 4.69) is 30.3 Å². The second-order valence-electron chi connectivity index (χ2n) is 4.56. The highest BCUT2D eigenvalue weighted by Crippen LogP contribution is 2.41. The minimum absolute atomic E-state index is 0.213. The van der Waals surface area contributed by atoms with Crippen LogP contribution in [-0.4, -0.2) is 13.1 Å². The second-order valence-corrected chi connectivity index (χ2v) is 5.64. The van der Waals surface area contributed by atoms with Crippen molar-refractivity contribution < 1.29 is 9.53 Å². The quantitative estimate of drug-likeness (QED) is 0.770. The first kappa shape index (κ1) is 13.0. The Labute approximate surface area is 122 Å². The fourth-order valence-corrected chi connectivity index (χ4v) is 3.36. The fraction of sp³-hybridized carbons (Fsp3) is 0.118. The summed E-state index contributed by atoms with van der Waals surface area (Å²) in [6.45, 7) is 0. The summed E-state index contributed by atoms with van der Waals surface area (Å²) in [7, 11) is 1.42. The molecule has 0 atom stereocenters. The van der Waals surface area contributed by atoms with Crippen molar-refractivity contribution in [3.8, 4) is 0 Å².